The number of nitrogens with two attached hydrogens (primary N) is 1. The summed E-state index contributed by atoms with van der Waals surface area (Å²) in [5, 5.41) is 8.91. The summed E-state index contributed by atoms with van der Waals surface area (Å²) in [7, 11) is 0. The van der Waals surface area contributed by atoms with E-state index in [1.54, 1.807) is 0 Å². The van der Waals surface area contributed by atoms with Gasteiger partial charge in [0.1, 0.15) is 0 Å². The zero-order valence-corrected chi connectivity index (χ0v) is 8.96. The topological polar surface area (TPSA) is 49.8 Å². The lowest BCUT2D eigenvalue weighted by atomic mass is 9.87. The van der Waals surface area contributed by atoms with E-state index in [2.05, 4.69) is 12.1 Å². The van der Waals surface area contributed by atoms with Gasteiger partial charge in [-0.25, -0.2) is 0 Å². The third kappa shape index (κ3) is 2.77. The van der Waals surface area contributed by atoms with E-state index in [1.807, 2.05) is 32.9 Å². The van der Waals surface area contributed by atoms with Crippen molar-refractivity contribution in [2.45, 2.75) is 27.2 Å². The summed E-state index contributed by atoms with van der Waals surface area (Å²) in [5.41, 5.74) is 8.47. The van der Waals surface area contributed by atoms with Crippen molar-refractivity contribution in [1.82, 2.24) is 0 Å². The Kier molecular flexibility index (Phi) is 2.81. The fourth-order valence-electron chi connectivity index (χ4n) is 1.55. The molecule has 74 valence electrons. The Morgan fingerprint density at radius 1 is 1.36 bits per heavy atom. The first-order chi connectivity index (χ1) is 6.43. The molecule has 14 heavy (non-hydrogen) atoms. The van der Waals surface area contributed by atoms with Gasteiger partial charge in [0.05, 0.1) is 11.5 Å². The second-order valence-electron chi connectivity index (χ2n) is 4.42. The molecular formula is C12H16N2. The average Bonchev–Trinajstić information content (AvgIpc) is 2.01. The first kappa shape index (κ1) is 10.6. The van der Waals surface area contributed by atoms with Gasteiger partial charge >= 0.3 is 0 Å². The minimum Gasteiger partial charge on any atom is -0.399 e. The number of aryl methyl sites for hydroxylation is 1. The van der Waals surface area contributed by atoms with Crippen molar-refractivity contribution < 1.29 is 0 Å². The molecule has 0 amide bonds. The first-order valence-electron chi connectivity index (χ1n) is 4.70. The highest BCUT2D eigenvalue weighted by Gasteiger charge is 2.17. The van der Waals surface area contributed by atoms with Crippen LogP contribution in [0.4, 0.5) is 5.69 Å². The molecule has 0 aromatic heterocycles. The predicted molar refractivity (Wildman–Crippen MR) is 58.7 cm³/mol. The van der Waals surface area contributed by atoms with Gasteiger partial charge in [-0.2, -0.15) is 5.26 Å². The van der Waals surface area contributed by atoms with Gasteiger partial charge in [0.25, 0.3) is 0 Å². The molecule has 0 unspecified atom stereocenters. The number of hydrogen-bond donors (Lipinski definition) is 1. The molecule has 0 spiro atoms. The molecule has 0 heterocycles. The van der Waals surface area contributed by atoms with Crippen molar-refractivity contribution in [1.29, 1.82) is 5.26 Å². The molecule has 2 nitrogen and oxygen atoms in total. The molecule has 0 aliphatic carbocycles. The highest BCUT2D eigenvalue weighted by atomic mass is 14.5. The van der Waals surface area contributed by atoms with Gasteiger partial charge in [0, 0.05) is 5.69 Å². The van der Waals surface area contributed by atoms with Gasteiger partial charge in [-0.05, 0) is 50.5 Å². The quantitative estimate of drug-likeness (QED) is 0.725. The maximum atomic E-state index is 8.91. The number of nitrogen functional groups attached to an aromatic ring is 1. The molecule has 0 aliphatic rings. The maximum Gasteiger partial charge on any atom is 0.0687 e. The second-order valence-corrected chi connectivity index (χ2v) is 4.42. The number of rotatable bonds is 2. The number of nitrogens with zero attached hydrogens (tertiary/aromatic N) is 1. The summed E-state index contributed by atoms with van der Waals surface area (Å²) >= 11 is 0. The minimum absolute atomic E-state index is 0.319. The lowest BCUT2D eigenvalue weighted by Crippen LogP contribution is -2.12. The van der Waals surface area contributed by atoms with Crippen molar-refractivity contribution in [3.63, 3.8) is 0 Å². The van der Waals surface area contributed by atoms with Crippen LogP contribution in [0.2, 0.25) is 0 Å². The summed E-state index contributed by atoms with van der Waals surface area (Å²) in [4.78, 5) is 0. The fourth-order valence-corrected chi connectivity index (χ4v) is 1.55. The molecule has 1 aromatic carbocycles. The largest absolute Gasteiger partial charge is 0.399 e. The monoisotopic (exact) mass is 188 g/mol. The molecule has 0 saturated carbocycles. The van der Waals surface area contributed by atoms with E-state index in [1.165, 1.54) is 0 Å². The van der Waals surface area contributed by atoms with Crippen molar-refractivity contribution in [2.75, 3.05) is 5.73 Å². The average molecular weight is 188 g/mol. The van der Waals surface area contributed by atoms with Crippen molar-refractivity contribution >= 4 is 5.69 Å². The Morgan fingerprint density at radius 3 is 2.50 bits per heavy atom. The standard InChI is InChI=1S/C12H16N2/c1-9-4-10(6-11(14)5-9)7-12(2,3)8-13/h4-6H,7,14H2,1-3H3. The van der Waals surface area contributed by atoms with Crippen LogP contribution in [-0.2, 0) is 6.42 Å². The van der Waals surface area contributed by atoms with Crippen LogP contribution < -0.4 is 5.73 Å². The van der Waals surface area contributed by atoms with E-state index in [-0.39, 0.29) is 5.41 Å². The predicted octanol–water partition coefficient (Wildman–Crippen LogP) is 2.67. The number of hydrogen-bond acceptors (Lipinski definition) is 2. The molecule has 0 aliphatic heterocycles. The molecule has 0 bridgehead atoms. The smallest absolute Gasteiger partial charge is 0.0687 e. The maximum absolute atomic E-state index is 8.91. The van der Waals surface area contributed by atoms with Crippen LogP contribution in [0.15, 0.2) is 18.2 Å². The summed E-state index contributed by atoms with van der Waals surface area (Å²) in [6.07, 6.45) is 0.745. The van der Waals surface area contributed by atoms with Crippen molar-refractivity contribution in [3.8, 4) is 6.07 Å². The van der Waals surface area contributed by atoms with Crippen LogP contribution in [0.1, 0.15) is 25.0 Å². The highest BCUT2D eigenvalue weighted by Crippen LogP contribution is 2.22. The molecule has 2 N–H and O–H groups in total. The molecule has 1 rings (SSSR count). The van der Waals surface area contributed by atoms with Crippen LogP contribution in [0, 0.1) is 23.7 Å². The van der Waals surface area contributed by atoms with Crippen molar-refractivity contribution in [3.05, 3.63) is 29.3 Å². The highest BCUT2D eigenvalue weighted by molar-refractivity contribution is 5.44. The molecule has 2 heteroatoms. The van der Waals surface area contributed by atoms with E-state index >= 15 is 0 Å². The number of anilines is 1. The third-order valence-corrected chi connectivity index (χ3v) is 2.11. The molecule has 1 aromatic rings. The van der Waals surface area contributed by atoms with Crippen LogP contribution in [0.3, 0.4) is 0 Å². The summed E-state index contributed by atoms with van der Waals surface area (Å²) in [5.74, 6) is 0. The molecule has 0 radical (unpaired) electrons. The van der Waals surface area contributed by atoms with E-state index in [9.17, 15) is 0 Å². The van der Waals surface area contributed by atoms with Crippen LogP contribution in [-0.4, -0.2) is 0 Å². The Bertz CT molecular complexity index is 352. The lowest BCUT2D eigenvalue weighted by molar-refractivity contribution is 0.493. The van der Waals surface area contributed by atoms with E-state index in [4.69, 9.17) is 11.0 Å². The van der Waals surface area contributed by atoms with Gasteiger partial charge in [0.2, 0.25) is 0 Å². The zero-order valence-electron chi connectivity index (χ0n) is 8.96. The summed E-state index contributed by atoms with van der Waals surface area (Å²) in [6.45, 7) is 5.89. The van der Waals surface area contributed by atoms with Gasteiger partial charge in [-0.15, -0.1) is 0 Å². The van der Waals surface area contributed by atoms with E-state index in [0.29, 0.717) is 0 Å². The Balaban J connectivity index is 2.94. The van der Waals surface area contributed by atoms with Gasteiger partial charge in [-0.1, -0.05) is 6.07 Å². The SMILES string of the molecule is Cc1cc(N)cc(CC(C)(C)C#N)c1. The third-order valence-electron chi connectivity index (χ3n) is 2.11. The Labute approximate surface area is 85.4 Å². The van der Waals surface area contributed by atoms with Crippen LogP contribution in [0.25, 0.3) is 0 Å². The zero-order chi connectivity index (χ0) is 10.8. The number of nitriles is 1. The summed E-state index contributed by atoms with van der Waals surface area (Å²) in [6, 6.07) is 8.24. The molecule has 0 atom stereocenters. The van der Waals surface area contributed by atoms with Gasteiger partial charge < -0.3 is 5.73 Å². The van der Waals surface area contributed by atoms with Gasteiger partial charge in [0.15, 0.2) is 0 Å². The minimum atomic E-state index is -0.319. The Morgan fingerprint density at radius 2 is 2.00 bits per heavy atom. The normalized spacial score (nSPS) is 11.0. The van der Waals surface area contributed by atoms with Gasteiger partial charge in [-0.3, -0.25) is 0 Å². The van der Waals surface area contributed by atoms with E-state index in [0.717, 1.165) is 23.2 Å². The molecular weight excluding hydrogens is 172 g/mol. The van der Waals surface area contributed by atoms with Crippen LogP contribution >= 0.6 is 0 Å². The number of benzene rings is 1. The first-order valence-corrected chi connectivity index (χ1v) is 4.70. The van der Waals surface area contributed by atoms with E-state index < -0.39 is 0 Å². The lowest BCUT2D eigenvalue weighted by Gasteiger charge is -2.15. The molecule has 0 saturated heterocycles. The van der Waals surface area contributed by atoms with Crippen LogP contribution in [0.5, 0.6) is 0 Å². The summed E-state index contributed by atoms with van der Waals surface area (Å²) < 4.78 is 0. The fraction of sp³-hybridized carbons (Fsp3) is 0.417. The second kappa shape index (κ2) is 3.71. The molecule has 0 fully saturated rings. The Hall–Kier alpha value is -1.49. The van der Waals surface area contributed by atoms with Crippen molar-refractivity contribution in [2.24, 2.45) is 5.41 Å².